The van der Waals surface area contributed by atoms with Crippen molar-refractivity contribution in [2.75, 3.05) is 7.05 Å². The highest BCUT2D eigenvalue weighted by atomic mass is 32.2. The molecule has 0 saturated carbocycles. The molecule has 0 unspecified atom stereocenters. The van der Waals surface area contributed by atoms with Gasteiger partial charge in [0.05, 0.1) is 4.90 Å². The smallest absolute Gasteiger partial charge is 0.240 e. The van der Waals surface area contributed by atoms with E-state index in [4.69, 9.17) is 0 Å². The van der Waals surface area contributed by atoms with E-state index in [-0.39, 0.29) is 10.7 Å². The summed E-state index contributed by atoms with van der Waals surface area (Å²) in [5.41, 5.74) is 0.788. The Morgan fingerprint density at radius 2 is 1.79 bits per heavy atom. The van der Waals surface area contributed by atoms with Crippen molar-refractivity contribution in [1.29, 1.82) is 0 Å². The van der Waals surface area contributed by atoms with Crippen LogP contribution in [-0.4, -0.2) is 26.2 Å². The van der Waals surface area contributed by atoms with E-state index in [1.807, 2.05) is 0 Å². The van der Waals surface area contributed by atoms with Crippen molar-refractivity contribution in [1.82, 2.24) is 9.71 Å². The average molecular weight is 276 g/mol. The predicted molar refractivity (Wildman–Crippen MR) is 70.4 cm³/mol. The molecule has 1 N–H and O–H groups in total. The lowest BCUT2D eigenvalue weighted by Crippen LogP contribution is -2.19. The van der Waals surface area contributed by atoms with Crippen molar-refractivity contribution in [2.45, 2.75) is 4.90 Å². The minimum absolute atomic E-state index is 0.0647. The molecule has 6 heteroatoms. The van der Waals surface area contributed by atoms with E-state index in [1.165, 1.54) is 31.6 Å². The van der Waals surface area contributed by atoms with Crippen molar-refractivity contribution in [3.05, 3.63) is 59.9 Å². The Morgan fingerprint density at radius 1 is 1.11 bits per heavy atom. The van der Waals surface area contributed by atoms with Crippen LogP contribution in [0.5, 0.6) is 0 Å². The molecule has 0 aliphatic rings. The van der Waals surface area contributed by atoms with Gasteiger partial charge in [0.25, 0.3) is 0 Å². The quantitative estimate of drug-likeness (QED) is 0.852. The molecule has 0 aliphatic carbocycles. The summed E-state index contributed by atoms with van der Waals surface area (Å²) in [5.74, 6) is -0.240. The van der Waals surface area contributed by atoms with Gasteiger partial charge in [0.2, 0.25) is 10.0 Å². The highest BCUT2D eigenvalue weighted by Crippen LogP contribution is 2.14. The van der Waals surface area contributed by atoms with Gasteiger partial charge in [-0.05, 0) is 31.3 Å². The first-order valence-corrected chi connectivity index (χ1v) is 7.01. The van der Waals surface area contributed by atoms with Crippen LogP contribution >= 0.6 is 0 Å². The Kier molecular flexibility index (Phi) is 3.73. The van der Waals surface area contributed by atoms with Gasteiger partial charge in [-0.3, -0.25) is 9.78 Å². The van der Waals surface area contributed by atoms with Crippen molar-refractivity contribution in [2.24, 2.45) is 0 Å². The zero-order valence-corrected chi connectivity index (χ0v) is 11.0. The van der Waals surface area contributed by atoms with Crippen LogP contribution in [0.4, 0.5) is 0 Å². The first kappa shape index (κ1) is 13.4. The van der Waals surface area contributed by atoms with Crippen molar-refractivity contribution in [3.8, 4) is 0 Å². The molecular weight excluding hydrogens is 264 g/mol. The number of pyridine rings is 1. The molecule has 0 saturated heterocycles. The van der Waals surface area contributed by atoms with Crippen LogP contribution in [0, 0.1) is 0 Å². The lowest BCUT2D eigenvalue weighted by atomic mass is 10.1. The minimum Gasteiger partial charge on any atom is -0.289 e. The number of sulfonamides is 1. The second-order valence-corrected chi connectivity index (χ2v) is 5.69. The van der Waals surface area contributed by atoms with Crippen molar-refractivity contribution < 1.29 is 13.2 Å². The fourth-order valence-electron chi connectivity index (χ4n) is 1.59. The maximum absolute atomic E-state index is 12.2. The van der Waals surface area contributed by atoms with Crippen LogP contribution in [0.2, 0.25) is 0 Å². The monoisotopic (exact) mass is 276 g/mol. The van der Waals surface area contributed by atoms with Crippen LogP contribution in [0.1, 0.15) is 15.9 Å². The molecule has 0 bridgehead atoms. The number of aromatic nitrogens is 1. The maximum Gasteiger partial charge on any atom is 0.240 e. The Balaban J connectivity index is 2.43. The second-order valence-electron chi connectivity index (χ2n) is 3.80. The Hall–Kier alpha value is -2.05. The number of hydrogen-bond acceptors (Lipinski definition) is 4. The summed E-state index contributed by atoms with van der Waals surface area (Å²) >= 11 is 0. The zero-order valence-electron chi connectivity index (χ0n) is 10.2. The van der Waals surface area contributed by atoms with Gasteiger partial charge >= 0.3 is 0 Å². The molecule has 98 valence electrons. The van der Waals surface area contributed by atoms with Crippen LogP contribution in [0.25, 0.3) is 0 Å². The zero-order chi connectivity index (χ0) is 13.9. The Labute approximate surface area is 111 Å². The molecule has 1 heterocycles. The van der Waals surface area contributed by atoms with Gasteiger partial charge in [0, 0.05) is 23.5 Å². The lowest BCUT2D eigenvalue weighted by Gasteiger charge is -2.05. The van der Waals surface area contributed by atoms with Gasteiger partial charge < -0.3 is 0 Å². The van der Waals surface area contributed by atoms with E-state index < -0.39 is 10.0 Å². The van der Waals surface area contributed by atoms with E-state index in [1.54, 1.807) is 24.3 Å². The number of benzene rings is 1. The molecule has 19 heavy (non-hydrogen) atoms. The third kappa shape index (κ3) is 2.86. The minimum atomic E-state index is -3.55. The topological polar surface area (TPSA) is 76.1 Å². The van der Waals surface area contributed by atoms with E-state index in [0.717, 1.165) is 0 Å². The number of rotatable bonds is 4. The maximum atomic E-state index is 12.2. The number of nitrogens with one attached hydrogen (secondary N) is 1. The predicted octanol–water partition coefficient (Wildman–Crippen LogP) is 1.22. The number of hydrogen-bond donors (Lipinski definition) is 1. The summed E-state index contributed by atoms with van der Waals surface area (Å²) < 4.78 is 25.6. The van der Waals surface area contributed by atoms with Crippen molar-refractivity contribution in [3.63, 3.8) is 0 Å². The van der Waals surface area contributed by atoms with Gasteiger partial charge in [-0.2, -0.15) is 0 Å². The molecule has 0 spiro atoms. The van der Waals surface area contributed by atoms with Gasteiger partial charge in [0.1, 0.15) is 0 Å². The standard InChI is InChI=1S/C13H12N2O3S/c1-14-19(17,18)12-4-2-3-11(9-12)13(16)10-5-7-15-8-6-10/h2-9,14H,1H3. The normalized spacial score (nSPS) is 11.2. The summed E-state index contributed by atoms with van der Waals surface area (Å²) in [5, 5.41) is 0. The SMILES string of the molecule is CNS(=O)(=O)c1cccc(C(=O)c2ccncc2)c1. The third-order valence-corrected chi connectivity index (χ3v) is 4.03. The summed E-state index contributed by atoms with van der Waals surface area (Å²) in [6, 6.07) is 9.09. The van der Waals surface area contributed by atoms with Gasteiger partial charge in [-0.25, -0.2) is 13.1 Å². The highest BCUT2D eigenvalue weighted by Gasteiger charge is 2.15. The van der Waals surface area contributed by atoms with Crippen LogP contribution in [0.15, 0.2) is 53.7 Å². The lowest BCUT2D eigenvalue weighted by molar-refractivity contribution is 0.103. The van der Waals surface area contributed by atoms with Gasteiger partial charge in [0.15, 0.2) is 5.78 Å². The van der Waals surface area contributed by atoms with Gasteiger partial charge in [-0.1, -0.05) is 12.1 Å². The van der Waals surface area contributed by atoms with E-state index in [2.05, 4.69) is 9.71 Å². The molecule has 0 atom stereocenters. The summed E-state index contributed by atoms with van der Waals surface area (Å²) in [4.78, 5) is 16.1. The average Bonchev–Trinajstić information content (AvgIpc) is 2.47. The molecule has 1 aromatic carbocycles. The number of ketones is 1. The molecule has 5 nitrogen and oxygen atoms in total. The summed E-state index contributed by atoms with van der Waals surface area (Å²) in [6.45, 7) is 0. The highest BCUT2D eigenvalue weighted by molar-refractivity contribution is 7.89. The number of carbonyl (C=O) groups excluding carboxylic acids is 1. The molecular formula is C13H12N2O3S. The second kappa shape index (κ2) is 5.29. The molecule has 0 fully saturated rings. The summed E-state index contributed by atoms with van der Waals surface area (Å²) in [6.07, 6.45) is 3.03. The molecule has 0 amide bonds. The van der Waals surface area contributed by atoms with Crippen molar-refractivity contribution >= 4 is 15.8 Å². The van der Waals surface area contributed by atoms with E-state index >= 15 is 0 Å². The van der Waals surface area contributed by atoms with Crippen LogP contribution < -0.4 is 4.72 Å². The van der Waals surface area contributed by atoms with E-state index in [0.29, 0.717) is 11.1 Å². The van der Waals surface area contributed by atoms with Crippen LogP contribution in [-0.2, 0) is 10.0 Å². The largest absolute Gasteiger partial charge is 0.289 e. The fraction of sp³-hybridized carbons (Fsp3) is 0.0769. The Morgan fingerprint density at radius 3 is 2.42 bits per heavy atom. The Bertz CT molecular complexity index is 697. The summed E-state index contributed by atoms with van der Waals surface area (Å²) in [7, 11) is -2.22. The molecule has 2 aromatic rings. The molecule has 2 rings (SSSR count). The molecule has 1 aromatic heterocycles. The van der Waals surface area contributed by atoms with Crippen LogP contribution in [0.3, 0.4) is 0 Å². The molecule has 0 aliphatic heterocycles. The van der Waals surface area contributed by atoms with E-state index in [9.17, 15) is 13.2 Å². The first-order chi connectivity index (χ1) is 9.04. The first-order valence-electron chi connectivity index (χ1n) is 5.53. The van der Waals surface area contributed by atoms with Gasteiger partial charge in [-0.15, -0.1) is 0 Å². The fourth-order valence-corrected chi connectivity index (χ4v) is 2.37. The third-order valence-electron chi connectivity index (χ3n) is 2.62. The number of nitrogens with zero attached hydrogens (tertiary/aromatic N) is 1. The molecule has 0 radical (unpaired) electrons. The number of carbonyl (C=O) groups is 1.